The second-order valence-electron chi connectivity index (χ2n) is 4.54. The highest BCUT2D eigenvalue weighted by molar-refractivity contribution is 9.10. The molecule has 1 unspecified atom stereocenters. The number of aliphatic hydroxyl groups is 1. The molecule has 1 atom stereocenters. The molecule has 0 aliphatic heterocycles. The summed E-state index contributed by atoms with van der Waals surface area (Å²) in [6.07, 6.45) is 0. The summed E-state index contributed by atoms with van der Waals surface area (Å²) in [5.41, 5.74) is 1.08. The van der Waals surface area contributed by atoms with E-state index in [2.05, 4.69) is 15.9 Å². The minimum absolute atomic E-state index is 0.290. The molecule has 1 N–H and O–H groups in total. The first-order chi connectivity index (χ1) is 8.41. The highest BCUT2D eigenvalue weighted by Crippen LogP contribution is 2.32. The highest BCUT2D eigenvalue weighted by atomic mass is 79.9. The van der Waals surface area contributed by atoms with Crippen LogP contribution in [0.25, 0.3) is 0 Å². The Balaban J connectivity index is 2.53. The van der Waals surface area contributed by atoms with Crippen molar-refractivity contribution in [2.75, 3.05) is 0 Å². The van der Waals surface area contributed by atoms with Gasteiger partial charge >= 0.3 is 0 Å². The topological polar surface area (TPSA) is 20.2 Å². The summed E-state index contributed by atoms with van der Waals surface area (Å²) in [6, 6.07) is 11.9. The van der Waals surface area contributed by atoms with E-state index in [1.807, 2.05) is 24.3 Å². The van der Waals surface area contributed by atoms with Crippen molar-refractivity contribution in [3.8, 4) is 0 Å². The molecule has 1 nitrogen and oxygen atoms in total. The smallest absolute Gasteiger partial charge is 0.123 e. The Kier molecular flexibility index (Phi) is 3.55. The van der Waals surface area contributed by atoms with Gasteiger partial charge in [0.2, 0.25) is 0 Å². The van der Waals surface area contributed by atoms with Crippen molar-refractivity contribution in [3.05, 3.63) is 69.4 Å². The Hall–Kier alpha value is -1.19. The Morgan fingerprint density at radius 2 is 1.89 bits per heavy atom. The minimum Gasteiger partial charge on any atom is -0.381 e. The van der Waals surface area contributed by atoms with Gasteiger partial charge in [0.15, 0.2) is 0 Å². The van der Waals surface area contributed by atoms with Crippen LogP contribution in [0.4, 0.5) is 4.39 Å². The van der Waals surface area contributed by atoms with Gasteiger partial charge in [-0.3, -0.25) is 0 Å². The SMILES string of the molecule is Cc1cc(F)ccc1C(C)(O)c1cccc(Br)c1. The molecule has 0 amide bonds. The fourth-order valence-electron chi connectivity index (χ4n) is 2.12. The Morgan fingerprint density at radius 1 is 1.17 bits per heavy atom. The van der Waals surface area contributed by atoms with Gasteiger partial charge in [-0.1, -0.05) is 34.1 Å². The van der Waals surface area contributed by atoms with E-state index in [1.165, 1.54) is 12.1 Å². The summed E-state index contributed by atoms with van der Waals surface area (Å²) in [5, 5.41) is 10.7. The van der Waals surface area contributed by atoms with Crippen molar-refractivity contribution < 1.29 is 9.50 Å². The molecular weight excluding hydrogens is 295 g/mol. The normalized spacial score (nSPS) is 14.3. The van der Waals surface area contributed by atoms with Gasteiger partial charge in [-0.25, -0.2) is 4.39 Å². The lowest BCUT2D eigenvalue weighted by atomic mass is 9.86. The zero-order valence-electron chi connectivity index (χ0n) is 10.2. The van der Waals surface area contributed by atoms with E-state index in [0.717, 1.165) is 15.6 Å². The van der Waals surface area contributed by atoms with Crippen LogP contribution in [0.2, 0.25) is 0 Å². The first kappa shape index (κ1) is 13.2. The molecule has 0 bridgehead atoms. The molecule has 3 heteroatoms. The van der Waals surface area contributed by atoms with Gasteiger partial charge in [0.1, 0.15) is 11.4 Å². The van der Waals surface area contributed by atoms with E-state index in [1.54, 1.807) is 19.9 Å². The highest BCUT2D eigenvalue weighted by Gasteiger charge is 2.27. The maximum absolute atomic E-state index is 13.1. The van der Waals surface area contributed by atoms with Crippen molar-refractivity contribution >= 4 is 15.9 Å². The van der Waals surface area contributed by atoms with Crippen LogP contribution in [0.1, 0.15) is 23.6 Å². The summed E-state index contributed by atoms with van der Waals surface area (Å²) in [7, 11) is 0. The Bertz CT molecular complexity index is 578. The number of rotatable bonds is 2. The summed E-state index contributed by atoms with van der Waals surface area (Å²) in [4.78, 5) is 0. The van der Waals surface area contributed by atoms with Gasteiger partial charge in [0.05, 0.1) is 0 Å². The second kappa shape index (κ2) is 4.82. The monoisotopic (exact) mass is 308 g/mol. The molecule has 0 radical (unpaired) electrons. The van der Waals surface area contributed by atoms with Gasteiger partial charge < -0.3 is 5.11 Å². The van der Waals surface area contributed by atoms with Gasteiger partial charge in [0.25, 0.3) is 0 Å². The summed E-state index contributed by atoms with van der Waals surface area (Å²) in [6.45, 7) is 3.51. The molecular formula is C15H14BrFO. The van der Waals surface area contributed by atoms with Crippen molar-refractivity contribution in [2.45, 2.75) is 19.4 Å². The molecule has 2 aromatic carbocycles. The zero-order chi connectivity index (χ0) is 13.3. The molecule has 0 fully saturated rings. The third-order valence-electron chi connectivity index (χ3n) is 3.10. The number of benzene rings is 2. The van der Waals surface area contributed by atoms with Crippen LogP contribution in [0.3, 0.4) is 0 Å². The van der Waals surface area contributed by atoms with Crippen LogP contribution in [0.15, 0.2) is 46.9 Å². The Labute approximate surface area is 114 Å². The minimum atomic E-state index is -1.14. The summed E-state index contributed by atoms with van der Waals surface area (Å²) in [5.74, 6) is -0.290. The van der Waals surface area contributed by atoms with E-state index < -0.39 is 5.60 Å². The number of hydrogen-bond donors (Lipinski definition) is 1. The van der Waals surface area contributed by atoms with Gasteiger partial charge in [-0.2, -0.15) is 0 Å². The number of hydrogen-bond acceptors (Lipinski definition) is 1. The fraction of sp³-hybridized carbons (Fsp3) is 0.200. The molecule has 94 valence electrons. The van der Waals surface area contributed by atoms with E-state index >= 15 is 0 Å². The molecule has 0 saturated heterocycles. The predicted molar refractivity (Wildman–Crippen MR) is 74.0 cm³/mol. The molecule has 0 spiro atoms. The lowest BCUT2D eigenvalue weighted by molar-refractivity contribution is 0.101. The number of aryl methyl sites for hydroxylation is 1. The molecule has 18 heavy (non-hydrogen) atoms. The zero-order valence-corrected chi connectivity index (χ0v) is 11.8. The predicted octanol–water partition coefficient (Wildman–Crippen LogP) is 4.15. The van der Waals surface area contributed by atoms with Crippen LogP contribution >= 0.6 is 15.9 Å². The largest absolute Gasteiger partial charge is 0.381 e. The van der Waals surface area contributed by atoms with Gasteiger partial charge in [-0.15, -0.1) is 0 Å². The van der Waals surface area contributed by atoms with Crippen molar-refractivity contribution in [3.63, 3.8) is 0 Å². The lowest BCUT2D eigenvalue weighted by Gasteiger charge is -2.26. The van der Waals surface area contributed by atoms with Gasteiger partial charge in [-0.05, 0) is 54.8 Å². The molecule has 0 aromatic heterocycles. The van der Waals surface area contributed by atoms with Crippen LogP contribution < -0.4 is 0 Å². The van der Waals surface area contributed by atoms with E-state index in [9.17, 15) is 9.50 Å². The van der Waals surface area contributed by atoms with Gasteiger partial charge in [0, 0.05) is 4.47 Å². The maximum Gasteiger partial charge on any atom is 0.123 e. The quantitative estimate of drug-likeness (QED) is 0.883. The van der Waals surface area contributed by atoms with E-state index in [4.69, 9.17) is 0 Å². The van der Waals surface area contributed by atoms with Crippen LogP contribution in [0.5, 0.6) is 0 Å². The molecule has 2 rings (SSSR count). The van der Waals surface area contributed by atoms with Crippen LogP contribution in [-0.2, 0) is 5.60 Å². The summed E-state index contributed by atoms with van der Waals surface area (Å²) >= 11 is 3.39. The molecule has 2 aromatic rings. The maximum atomic E-state index is 13.1. The molecule has 0 aliphatic carbocycles. The first-order valence-corrected chi connectivity index (χ1v) is 6.45. The average molecular weight is 309 g/mol. The molecule has 0 saturated carbocycles. The van der Waals surface area contributed by atoms with E-state index in [0.29, 0.717) is 5.56 Å². The molecule has 0 heterocycles. The van der Waals surface area contributed by atoms with E-state index in [-0.39, 0.29) is 5.82 Å². The van der Waals surface area contributed by atoms with Crippen LogP contribution in [-0.4, -0.2) is 5.11 Å². The summed E-state index contributed by atoms with van der Waals surface area (Å²) < 4.78 is 14.0. The van der Waals surface area contributed by atoms with Crippen molar-refractivity contribution in [2.24, 2.45) is 0 Å². The fourth-order valence-corrected chi connectivity index (χ4v) is 2.52. The second-order valence-corrected chi connectivity index (χ2v) is 5.46. The average Bonchev–Trinajstić information content (AvgIpc) is 2.28. The standard InChI is InChI=1S/C15H14BrFO/c1-10-8-13(17)6-7-14(10)15(2,18)11-4-3-5-12(16)9-11/h3-9,18H,1-2H3. The number of halogens is 2. The molecule has 0 aliphatic rings. The van der Waals surface area contributed by atoms with Crippen molar-refractivity contribution in [1.29, 1.82) is 0 Å². The third kappa shape index (κ3) is 2.47. The lowest BCUT2D eigenvalue weighted by Crippen LogP contribution is -2.24. The third-order valence-corrected chi connectivity index (χ3v) is 3.59. The van der Waals surface area contributed by atoms with Crippen molar-refractivity contribution in [1.82, 2.24) is 0 Å². The first-order valence-electron chi connectivity index (χ1n) is 5.66. The Morgan fingerprint density at radius 3 is 2.50 bits per heavy atom. The van der Waals surface area contributed by atoms with Crippen LogP contribution in [0, 0.1) is 12.7 Å².